The van der Waals surface area contributed by atoms with Crippen molar-refractivity contribution in [3.05, 3.63) is 59.9 Å². The highest BCUT2D eigenvalue weighted by Crippen LogP contribution is 2.30. The Kier molecular flexibility index (Phi) is 4.56. The van der Waals surface area contributed by atoms with Gasteiger partial charge >= 0.3 is 0 Å². The minimum absolute atomic E-state index is 0.259. The monoisotopic (exact) mass is 323 g/mol. The van der Waals surface area contributed by atoms with Gasteiger partial charge in [-0.15, -0.1) is 0 Å². The highest BCUT2D eigenvalue weighted by molar-refractivity contribution is 5.94. The summed E-state index contributed by atoms with van der Waals surface area (Å²) in [5.74, 6) is 0.973. The SMILES string of the molecule is COc1cccc(CNC(=O)c2ccc3ncccc3n2)c1OC. The molecule has 0 saturated carbocycles. The van der Waals surface area contributed by atoms with Crippen LogP contribution in [0.4, 0.5) is 0 Å². The number of nitrogens with zero attached hydrogens (tertiary/aromatic N) is 2. The van der Waals surface area contributed by atoms with Crippen molar-refractivity contribution in [2.45, 2.75) is 6.54 Å². The van der Waals surface area contributed by atoms with Crippen molar-refractivity contribution in [2.24, 2.45) is 0 Å². The average molecular weight is 323 g/mol. The van der Waals surface area contributed by atoms with Crippen LogP contribution in [0.2, 0.25) is 0 Å². The van der Waals surface area contributed by atoms with Crippen LogP contribution in [0.5, 0.6) is 11.5 Å². The summed E-state index contributed by atoms with van der Waals surface area (Å²) in [5, 5.41) is 2.85. The van der Waals surface area contributed by atoms with E-state index in [0.29, 0.717) is 29.3 Å². The molecular formula is C18H17N3O3. The standard InChI is InChI=1S/C18H17N3O3/c1-23-16-7-3-5-12(17(16)24-2)11-20-18(22)15-9-8-13-14(21-15)6-4-10-19-13/h3-10H,11H2,1-2H3,(H,20,22). The molecule has 0 aliphatic heterocycles. The molecule has 24 heavy (non-hydrogen) atoms. The third kappa shape index (κ3) is 3.12. The van der Waals surface area contributed by atoms with Gasteiger partial charge in [-0.3, -0.25) is 9.78 Å². The number of para-hydroxylation sites is 1. The van der Waals surface area contributed by atoms with Crippen LogP contribution in [-0.2, 0) is 6.54 Å². The number of hydrogen-bond donors (Lipinski definition) is 1. The summed E-state index contributed by atoms with van der Waals surface area (Å²) < 4.78 is 10.6. The minimum Gasteiger partial charge on any atom is -0.493 e. The zero-order valence-electron chi connectivity index (χ0n) is 13.4. The fourth-order valence-electron chi connectivity index (χ4n) is 2.44. The first-order chi connectivity index (χ1) is 11.7. The summed E-state index contributed by atoms with van der Waals surface area (Å²) in [6.07, 6.45) is 1.69. The Bertz CT molecular complexity index is 880. The number of rotatable bonds is 5. The number of carbonyl (C=O) groups is 1. The normalized spacial score (nSPS) is 10.4. The lowest BCUT2D eigenvalue weighted by molar-refractivity contribution is 0.0946. The molecule has 3 aromatic rings. The molecule has 0 fully saturated rings. The van der Waals surface area contributed by atoms with E-state index in [1.54, 1.807) is 38.6 Å². The summed E-state index contributed by atoms with van der Waals surface area (Å²) in [6, 6.07) is 12.6. The van der Waals surface area contributed by atoms with E-state index in [4.69, 9.17) is 9.47 Å². The van der Waals surface area contributed by atoms with Crippen LogP contribution < -0.4 is 14.8 Å². The molecule has 0 spiro atoms. The van der Waals surface area contributed by atoms with Crippen molar-refractivity contribution >= 4 is 16.9 Å². The van der Waals surface area contributed by atoms with Gasteiger partial charge in [0.25, 0.3) is 5.91 Å². The Morgan fingerprint density at radius 3 is 2.71 bits per heavy atom. The van der Waals surface area contributed by atoms with Crippen LogP contribution in [0.15, 0.2) is 48.7 Å². The zero-order chi connectivity index (χ0) is 16.9. The smallest absolute Gasteiger partial charge is 0.270 e. The molecular weight excluding hydrogens is 306 g/mol. The lowest BCUT2D eigenvalue weighted by Gasteiger charge is -2.13. The van der Waals surface area contributed by atoms with Gasteiger partial charge < -0.3 is 14.8 Å². The third-order valence-corrected chi connectivity index (χ3v) is 3.61. The number of fused-ring (bicyclic) bond motifs is 1. The van der Waals surface area contributed by atoms with Gasteiger partial charge in [-0.05, 0) is 30.3 Å². The number of amides is 1. The Morgan fingerprint density at radius 2 is 1.92 bits per heavy atom. The Balaban J connectivity index is 1.77. The van der Waals surface area contributed by atoms with E-state index in [-0.39, 0.29) is 5.91 Å². The predicted molar refractivity (Wildman–Crippen MR) is 90.3 cm³/mol. The number of carbonyl (C=O) groups excluding carboxylic acids is 1. The van der Waals surface area contributed by atoms with E-state index in [1.807, 2.05) is 24.3 Å². The van der Waals surface area contributed by atoms with E-state index in [0.717, 1.165) is 11.1 Å². The number of pyridine rings is 2. The lowest BCUT2D eigenvalue weighted by atomic mass is 10.1. The number of aromatic nitrogens is 2. The molecule has 0 radical (unpaired) electrons. The van der Waals surface area contributed by atoms with Crippen molar-refractivity contribution in [3.63, 3.8) is 0 Å². The summed E-state index contributed by atoms with van der Waals surface area (Å²) >= 11 is 0. The van der Waals surface area contributed by atoms with Crippen LogP contribution in [0.3, 0.4) is 0 Å². The quantitative estimate of drug-likeness (QED) is 0.781. The van der Waals surface area contributed by atoms with Crippen LogP contribution in [0, 0.1) is 0 Å². The molecule has 0 aliphatic rings. The fraction of sp³-hybridized carbons (Fsp3) is 0.167. The van der Waals surface area contributed by atoms with Gasteiger partial charge in [0.2, 0.25) is 0 Å². The topological polar surface area (TPSA) is 73.3 Å². The molecule has 2 aromatic heterocycles. The number of ether oxygens (including phenoxy) is 2. The third-order valence-electron chi connectivity index (χ3n) is 3.61. The molecule has 0 aliphatic carbocycles. The van der Waals surface area contributed by atoms with Crippen LogP contribution in [0.25, 0.3) is 11.0 Å². The van der Waals surface area contributed by atoms with E-state index in [1.165, 1.54) is 0 Å². The summed E-state index contributed by atoms with van der Waals surface area (Å²) in [6.45, 7) is 0.311. The number of hydrogen-bond acceptors (Lipinski definition) is 5. The maximum absolute atomic E-state index is 12.3. The van der Waals surface area contributed by atoms with Gasteiger partial charge in [0.05, 0.1) is 25.3 Å². The number of benzene rings is 1. The van der Waals surface area contributed by atoms with E-state index >= 15 is 0 Å². The van der Waals surface area contributed by atoms with Crippen molar-refractivity contribution in [1.82, 2.24) is 15.3 Å². The van der Waals surface area contributed by atoms with Crippen molar-refractivity contribution < 1.29 is 14.3 Å². The van der Waals surface area contributed by atoms with Crippen LogP contribution in [-0.4, -0.2) is 30.1 Å². The van der Waals surface area contributed by atoms with Gasteiger partial charge in [0, 0.05) is 18.3 Å². The van der Waals surface area contributed by atoms with Gasteiger partial charge in [-0.1, -0.05) is 12.1 Å². The van der Waals surface area contributed by atoms with Crippen LogP contribution in [0.1, 0.15) is 16.1 Å². The first-order valence-corrected chi connectivity index (χ1v) is 7.43. The minimum atomic E-state index is -0.259. The fourth-order valence-corrected chi connectivity index (χ4v) is 2.44. The molecule has 1 N–H and O–H groups in total. The molecule has 0 bridgehead atoms. The Labute approximate surface area is 139 Å². The second kappa shape index (κ2) is 6.95. The van der Waals surface area contributed by atoms with Crippen molar-refractivity contribution in [3.8, 4) is 11.5 Å². The molecule has 6 heteroatoms. The number of methoxy groups -OCH3 is 2. The molecule has 1 aromatic carbocycles. The highest BCUT2D eigenvalue weighted by atomic mass is 16.5. The lowest BCUT2D eigenvalue weighted by Crippen LogP contribution is -2.24. The van der Waals surface area contributed by atoms with Crippen LogP contribution >= 0.6 is 0 Å². The maximum atomic E-state index is 12.3. The van der Waals surface area contributed by atoms with E-state index < -0.39 is 0 Å². The molecule has 6 nitrogen and oxygen atoms in total. The molecule has 3 rings (SSSR count). The predicted octanol–water partition coefficient (Wildman–Crippen LogP) is 2.58. The Morgan fingerprint density at radius 1 is 1.04 bits per heavy atom. The molecule has 0 atom stereocenters. The van der Waals surface area contributed by atoms with Gasteiger partial charge in [0.15, 0.2) is 11.5 Å². The van der Waals surface area contributed by atoms with E-state index in [9.17, 15) is 4.79 Å². The molecule has 0 saturated heterocycles. The van der Waals surface area contributed by atoms with Crippen molar-refractivity contribution in [1.29, 1.82) is 0 Å². The first-order valence-electron chi connectivity index (χ1n) is 7.43. The summed E-state index contributed by atoms with van der Waals surface area (Å²) in [4.78, 5) is 20.9. The summed E-state index contributed by atoms with van der Waals surface area (Å²) in [7, 11) is 3.15. The van der Waals surface area contributed by atoms with Gasteiger partial charge in [-0.25, -0.2) is 4.98 Å². The maximum Gasteiger partial charge on any atom is 0.270 e. The van der Waals surface area contributed by atoms with Crippen molar-refractivity contribution in [2.75, 3.05) is 14.2 Å². The first kappa shape index (κ1) is 15.7. The van der Waals surface area contributed by atoms with Gasteiger partial charge in [-0.2, -0.15) is 0 Å². The molecule has 122 valence electrons. The zero-order valence-corrected chi connectivity index (χ0v) is 13.4. The van der Waals surface area contributed by atoms with Gasteiger partial charge in [0.1, 0.15) is 5.69 Å². The highest BCUT2D eigenvalue weighted by Gasteiger charge is 2.12. The average Bonchev–Trinajstić information content (AvgIpc) is 2.65. The number of nitrogens with one attached hydrogen (secondary N) is 1. The largest absolute Gasteiger partial charge is 0.493 e. The molecule has 2 heterocycles. The second-order valence-corrected chi connectivity index (χ2v) is 5.07. The molecule has 0 unspecified atom stereocenters. The summed E-state index contributed by atoms with van der Waals surface area (Å²) in [5.41, 5.74) is 2.61. The molecule has 1 amide bonds. The Hall–Kier alpha value is -3.15. The second-order valence-electron chi connectivity index (χ2n) is 5.07. The van der Waals surface area contributed by atoms with E-state index in [2.05, 4.69) is 15.3 Å².